The molecule has 2 aliphatic rings. The Morgan fingerprint density at radius 2 is 2.03 bits per heavy atom. The Bertz CT molecular complexity index is 902. The van der Waals surface area contributed by atoms with Crippen molar-refractivity contribution in [2.45, 2.75) is 38.8 Å². The largest absolute Gasteiger partial charge is 0.444 e. The molecule has 1 unspecified atom stereocenters. The van der Waals surface area contributed by atoms with Gasteiger partial charge in [-0.05, 0) is 44.9 Å². The van der Waals surface area contributed by atoms with Crippen molar-refractivity contribution >= 4 is 12.1 Å². The van der Waals surface area contributed by atoms with Crippen molar-refractivity contribution in [1.82, 2.24) is 24.9 Å². The summed E-state index contributed by atoms with van der Waals surface area (Å²) in [6, 6.07) is 10.3. The lowest BCUT2D eigenvalue weighted by Crippen LogP contribution is -2.57. The van der Waals surface area contributed by atoms with E-state index < -0.39 is 5.60 Å². The van der Waals surface area contributed by atoms with Crippen molar-refractivity contribution in [2.24, 2.45) is 4.99 Å². The average Bonchev–Trinajstić information content (AvgIpc) is 3.34. The van der Waals surface area contributed by atoms with Gasteiger partial charge in [0.05, 0.1) is 24.5 Å². The minimum Gasteiger partial charge on any atom is -0.444 e. The number of amides is 1. The average molecular weight is 411 g/mol. The Morgan fingerprint density at radius 3 is 2.80 bits per heavy atom. The number of nitrogens with one attached hydrogen (secondary N) is 1. The van der Waals surface area contributed by atoms with Crippen LogP contribution in [0.3, 0.4) is 0 Å². The van der Waals surface area contributed by atoms with E-state index in [0.717, 1.165) is 31.2 Å². The normalized spacial score (nSPS) is 18.8. The number of hydrogen-bond acceptors (Lipinski definition) is 6. The summed E-state index contributed by atoms with van der Waals surface area (Å²) < 4.78 is 7.41. The first-order valence-corrected chi connectivity index (χ1v) is 10.5. The number of benzene rings is 1. The van der Waals surface area contributed by atoms with Crippen molar-refractivity contribution in [3.05, 3.63) is 48.3 Å². The second kappa shape index (κ2) is 8.38. The minimum atomic E-state index is -0.471. The molecule has 1 aromatic carbocycles. The van der Waals surface area contributed by atoms with Gasteiger partial charge in [0, 0.05) is 32.4 Å². The highest BCUT2D eigenvalue weighted by Gasteiger charge is 2.36. The molecule has 1 amide bonds. The Morgan fingerprint density at radius 1 is 1.23 bits per heavy atom. The molecular weight excluding hydrogens is 380 g/mol. The molecule has 0 saturated carbocycles. The summed E-state index contributed by atoms with van der Waals surface area (Å²) in [4.78, 5) is 21.1. The molecule has 8 heteroatoms. The third-order valence-corrected chi connectivity index (χ3v) is 5.21. The van der Waals surface area contributed by atoms with E-state index in [4.69, 9.17) is 4.74 Å². The first-order chi connectivity index (χ1) is 14.4. The number of aromatic nitrogens is 2. The van der Waals surface area contributed by atoms with Crippen LogP contribution in [0.4, 0.5) is 4.79 Å². The molecule has 0 bridgehead atoms. The molecular formula is C22H30N6O2. The fourth-order valence-corrected chi connectivity index (χ4v) is 3.75. The van der Waals surface area contributed by atoms with E-state index in [-0.39, 0.29) is 12.1 Å². The fraction of sp³-hybridized carbons (Fsp3) is 0.500. The van der Waals surface area contributed by atoms with E-state index in [0.29, 0.717) is 19.6 Å². The van der Waals surface area contributed by atoms with Gasteiger partial charge in [-0.25, -0.2) is 9.48 Å². The van der Waals surface area contributed by atoms with Crippen LogP contribution in [0.5, 0.6) is 0 Å². The number of para-hydroxylation sites is 1. The van der Waals surface area contributed by atoms with Crippen LogP contribution in [0.2, 0.25) is 0 Å². The monoisotopic (exact) mass is 410 g/mol. The molecule has 1 aromatic heterocycles. The minimum absolute atomic E-state index is 0.217. The van der Waals surface area contributed by atoms with Gasteiger partial charge < -0.3 is 19.9 Å². The van der Waals surface area contributed by atoms with E-state index in [1.165, 1.54) is 5.56 Å². The first kappa shape index (κ1) is 20.3. The van der Waals surface area contributed by atoms with Gasteiger partial charge in [-0.2, -0.15) is 5.10 Å². The van der Waals surface area contributed by atoms with Gasteiger partial charge in [0.1, 0.15) is 5.60 Å². The SMILES string of the molecule is CC(C)(C)OC(=O)N1CCN2C(NCCc3cnn(-c4ccccc4)c3)=NCC2C1. The third kappa shape index (κ3) is 4.75. The van der Waals surface area contributed by atoms with E-state index in [9.17, 15) is 4.79 Å². The van der Waals surface area contributed by atoms with Crippen LogP contribution in [0.1, 0.15) is 26.3 Å². The predicted molar refractivity (Wildman–Crippen MR) is 116 cm³/mol. The molecule has 1 N–H and O–H groups in total. The quantitative estimate of drug-likeness (QED) is 0.837. The molecule has 0 aliphatic carbocycles. The smallest absolute Gasteiger partial charge is 0.410 e. The summed E-state index contributed by atoms with van der Waals surface area (Å²) in [7, 11) is 0. The van der Waals surface area contributed by atoms with E-state index in [2.05, 4.69) is 26.5 Å². The molecule has 1 saturated heterocycles. The van der Waals surface area contributed by atoms with Crippen molar-refractivity contribution < 1.29 is 9.53 Å². The van der Waals surface area contributed by atoms with Crippen LogP contribution in [0, 0.1) is 0 Å². The molecule has 0 radical (unpaired) electrons. The number of rotatable bonds is 4. The summed E-state index contributed by atoms with van der Waals surface area (Å²) in [6.07, 6.45) is 4.61. The highest BCUT2D eigenvalue weighted by atomic mass is 16.6. The number of hydrogen-bond donors (Lipinski definition) is 1. The highest BCUT2D eigenvalue weighted by molar-refractivity contribution is 5.82. The Balaban J connectivity index is 1.25. The Kier molecular flexibility index (Phi) is 5.65. The van der Waals surface area contributed by atoms with Gasteiger partial charge >= 0.3 is 6.09 Å². The van der Waals surface area contributed by atoms with Crippen LogP contribution in [-0.2, 0) is 11.2 Å². The summed E-state index contributed by atoms with van der Waals surface area (Å²) >= 11 is 0. The zero-order chi connectivity index (χ0) is 21.1. The van der Waals surface area contributed by atoms with Crippen LogP contribution in [0.15, 0.2) is 47.7 Å². The zero-order valence-corrected chi connectivity index (χ0v) is 17.9. The number of carbonyl (C=O) groups excluding carboxylic acids is 1. The zero-order valence-electron chi connectivity index (χ0n) is 17.9. The number of aliphatic imine (C=N–C) groups is 1. The molecule has 1 fully saturated rings. The summed E-state index contributed by atoms with van der Waals surface area (Å²) in [6.45, 7) is 9.24. The van der Waals surface area contributed by atoms with Gasteiger partial charge in [-0.1, -0.05) is 18.2 Å². The highest BCUT2D eigenvalue weighted by Crippen LogP contribution is 2.18. The van der Waals surface area contributed by atoms with Crippen molar-refractivity contribution in [2.75, 3.05) is 32.7 Å². The van der Waals surface area contributed by atoms with Gasteiger partial charge in [-0.3, -0.25) is 4.99 Å². The summed E-state index contributed by atoms with van der Waals surface area (Å²) in [5, 5.41) is 7.92. The van der Waals surface area contributed by atoms with Crippen LogP contribution in [0.25, 0.3) is 5.69 Å². The van der Waals surface area contributed by atoms with Crippen LogP contribution < -0.4 is 5.32 Å². The second-order valence-electron chi connectivity index (χ2n) is 8.74. The summed E-state index contributed by atoms with van der Waals surface area (Å²) in [5.74, 6) is 0.930. The molecule has 160 valence electrons. The lowest BCUT2D eigenvalue weighted by Gasteiger charge is -2.39. The lowest BCUT2D eigenvalue weighted by atomic mass is 10.2. The van der Waals surface area contributed by atoms with Gasteiger partial charge in [-0.15, -0.1) is 0 Å². The summed E-state index contributed by atoms with van der Waals surface area (Å²) in [5.41, 5.74) is 1.76. The molecule has 2 aliphatic heterocycles. The molecule has 2 aromatic rings. The van der Waals surface area contributed by atoms with Crippen molar-refractivity contribution in [1.29, 1.82) is 0 Å². The number of ether oxygens (including phenoxy) is 1. The van der Waals surface area contributed by atoms with Gasteiger partial charge in [0.2, 0.25) is 0 Å². The lowest BCUT2D eigenvalue weighted by molar-refractivity contribution is 0.0137. The Labute approximate surface area is 177 Å². The molecule has 3 heterocycles. The number of nitrogens with zero attached hydrogens (tertiary/aromatic N) is 5. The van der Waals surface area contributed by atoms with E-state index in [1.54, 1.807) is 4.90 Å². The van der Waals surface area contributed by atoms with E-state index >= 15 is 0 Å². The first-order valence-electron chi connectivity index (χ1n) is 10.5. The van der Waals surface area contributed by atoms with Crippen LogP contribution >= 0.6 is 0 Å². The standard InChI is InChI=1S/C22H30N6O2/c1-22(2,3)30-21(29)26-11-12-27-19(16-26)14-24-20(27)23-10-9-17-13-25-28(15-17)18-7-5-4-6-8-18/h4-8,13,15,19H,9-12,14,16H2,1-3H3,(H,23,24). The molecule has 30 heavy (non-hydrogen) atoms. The number of carbonyl (C=O) groups is 1. The number of piperazine rings is 1. The van der Waals surface area contributed by atoms with Crippen molar-refractivity contribution in [3.8, 4) is 5.69 Å². The van der Waals surface area contributed by atoms with Gasteiger partial charge in [0.15, 0.2) is 5.96 Å². The number of fused-ring (bicyclic) bond motifs is 1. The molecule has 8 nitrogen and oxygen atoms in total. The molecule has 0 spiro atoms. The second-order valence-corrected chi connectivity index (χ2v) is 8.74. The van der Waals surface area contributed by atoms with Crippen LogP contribution in [-0.4, -0.2) is 76.0 Å². The molecule has 4 rings (SSSR count). The maximum Gasteiger partial charge on any atom is 0.410 e. The maximum absolute atomic E-state index is 12.3. The Hall–Kier alpha value is -3.03. The van der Waals surface area contributed by atoms with Gasteiger partial charge in [0.25, 0.3) is 0 Å². The topological polar surface area (TPSA) is 75.0 Å². The maximum atomic E-state index is 12.3. The van der Waals surface area contributed by atoms with E-state index in [1.807, 2.05) is 62.0 Å². The molecule has 1 atom stereocenters. The number of guanidine groups is 1. The fourth-order valence-electron chi connectivity index (χ4n) is 3.75. The third-order valence-electron chi connectivity index (χ3n) is 5.21. The predicted octanol–water partition coefficient (Wildman–Crippen LogP) is 2.30. The van der Waals surface area contributed by atoms with Crippen molar-refractivity contribution in [3.63, 3.8) is 0 Å².